The van der Waals surface area contributed by atoms with Gasteiger partial charge in [-0.2, -0.15) is 4.98 Å². The predicted octanol–water partition coefficient (Wildman–Crippen LogP) is 1.51. The summed E-state index contributed by atoms with van der Waals surface area (Å²) in [5, 5.41) is 11.2. The van der Waals surface area contributed by atoms with E-state index in [4.69, 9.17) is 5.73 Å². The highest BCUT2D eigenvalue weighted by atomic mass is 16.6. The average Bonchev–Trinajstić information content (AvgIpc) is 2.86. The van der Waals surface area contributed by atoms with Gasteiger partial charge >= 0.3 is 5.69 Å². The van der Waals surface area contributed by atoms with E-state index in [2.05, 4.69) is 9.97 Å². The third-order valence-electron chi connectivity index (χ3n) is 4.27. The molecule has 1 aromatic rings. The van der Waals surface area contributed by atoms with Crippen molar-refractivity contribution in [1.29, 1.82) is 0 Å². The summed E-state index contributed by atoms with van der Waals surface area (Å²) in [4.78, 5) is 20.8. The van der Waals surface area contributed by atoms with Gasteiger partial charge in [0.25, 0.3) is 0 Å². The molecule has 0 spiro atoms. The van der Waals surface area contributed by atoms with Gasteiger partial charge in [0.15, 0.2) is 0 Å². The molecule has 0 radical (unpaired) electrons. The molecule has 19 heavy (non-hydrogen) atoms. The van der Waals surface area contributed by atoms with Crippen LogP contribution in [0.25, 0.3) is 0 Å². The van der Waals surface area contributed by atoms with E-state index < -0.39 is 4.92 Å². The number of nitrogens with two attached hydrogens (primary N) is 1. The first kappa shape index (κ1) is 12.1. The van der Waals surface area contributed by atoms with Crippen LogP contribution in [0, 0.1) is 28.9 Å². The van der Waals surface area contributed by atoms with Gasteiger partial charge < -0.3 is 10.6 Å². The Kier molecular flexibility index (Phi) is 2.76. The minimum absolute atomic E-state index is 0.00539. The van der Waals surface area contributed by atoms with Crippen LogP contribution in [0.1, 0.15) is 25.0 Å². The van der Waals surface area contributed by atoms with Crippen molar-refractivity contribution in [3.05, 3.63) is 15.8 Å². The van der Waals surface area contributed by atoms with Crippen LogP contribution >= 0.6 is 0 Å². The number of nitro groups is 1. The zero-order chi connectivity index (χ0) is 13.6. The van der Waals surface area contributed by atoms with Crippen molar-refractivity contribution in [3.8, 4) is 0 Å². The predicted molar refractivity (Wildman–Crippen MR) is 70.9 cm³/mol. The zero-order valence-corrected chi connectivity index (χ0v) is 10.9. The molecule has 1 saturated carbocycles. The molecule has 2 atom stereocenters. The fourth-order valence-corrected chi connectivity index (χ4v) is 3.42. The van der Waals surface area contributed by atoms with E-state index in [-0.39, 0.29) is 11.6 Å². The van der Waals surface area contributed by atoms with E-state index in [0.29, 0.717) is 23.3 Å². The highest BCUT2D eigenvalue weighted by Gasteiger charge is 2.39. The molecular weight excluding hydrogens is 246 g/mol. The van der Waals surface area contributed by atoms with Crippen LogP contribution in [0.5, 0.6) is 0 Å². The second kappa shape index (κ2) is 4.32. The smallest absolute Gasteiger partial charge is 0.332 e. The Labute approximate surface area is 111 Å². The number of hydrogen-bond donors (Lipinski definition) is 1. The maximum Gasteiger partial charge on any atom is 0.332 e. The van der Waals surface area contributed by atoms with Gasteiger partial charge in [-0.25, -0.2) is 4.98 Å². The first-order valence-corrected chi connectivity index (χ1v) is 6.59. The molecular formula is C12H17N5O2. The van der Waals surface area contributed by atoms with Crippen LogP contribution in [0.3, 0.4) is 0 Å². The van der Waals surface area contributed by atoms with E-state index in [0.717, 1.165) is 13.1 Å². The van der Waals surface area contributed by atoms with Crippen molar-refractivity contribution in [2.45, 2.75) is 26.2 Å². The number of aryl methyl sites for hydroxylation is 1. The number of fused-ring (bicyclic) bond motifs is 1. The fraction of sp³-hybridized carbons (Fsp3) is 0.667. The standard InChI is InChI=1S/C12H17N5O2/c1-7-10(17(18)19)11(15-12(13)14-7)16-5-8-3-2-4-9(8)6-16/h8-9H,2-6H2,1H3,(H2,13,14,15). The molecule has 7 nitrogen and oxygen atoms in total. The quantitative estimate of drug-likeness (QED) is 0.641. The molecule has 2 heterocycles. The Morgan fingerprint density at radius 3 is 2.53 bits per heavy atom. The molecule has 2 aliphatic rings. The number of hydrogen-bond acceptors (Lipinski definition) is 6. The van der Waals surface area contributed by atoms with E-state index in [1.807, 2.05) is 4.90 Å². The third kappa shape index (κ3) is 1.98. The molecule has 0 aromatic carbocycles. The number of rotatable bonds is 2. The molecule has 0 amide bonds. The van der Waals surface area contributed by atoms with Crippen molar-refractivity contribution >= 4 is 17.5 Å². The van der Waals surface area contributed by atoms with Crippen LogP contribution in [-0.4, -0.2) is 28.0 Å². The van der Waals surface area contributed by atoms with Crippen molar-refractivity contribution < 1.29 is 4.92 Å². The average molecular weight is 263 g/mol. The Bertz CT molecular complexity index is 521. The van der Waals surface area contributed by atoms with Crippen molar-refractivity contribution in [2.24, 2.45) is 11.8 Å². The molecule has 102 valence electrons. The molecule has 2 unspecified atom stereocenters. The molecule has 7 heteroatoms. The normalized spacial score (nSPS) is 25.6. The molecule has 1 aliphatic heterocycles. The van der Waals surface area contributed by atoms with Gasteiger partial charge in [-0.1, -0.05) is 6.42 Å². The number of nitrogens with zero attached hydrogens (tertiary/aromatic N) is 4. The number of nitrogen functional groups attached to an aromatic ring is 1. The zero-order valence-electron chi connectivity index (χ0n) is 10.9. The van der Waals surface area contributed by atoms with Crippen molar-refractivity contribution in [2.75, 3.05) is 23.7 Å². The lowest BCUT2D eigenvalue weighted by atomic mass is 10.0. The summed E-state index contributed by atoms with van der Waals surface area (Å²) in [7, 11) is 0. The molecule has 2 N–H and O–H groups in total. The second-order valence-electron chi connectivity index (χ2n) is 5.45. The van der Waals surface area contributed by atoms with Crippen molar-refractivity contribution in [3.63, 3.8) is 0 Å². The highest BCUT2D eigenvalue weighted by molar-refractivity contribution is 5.62. The van der Waals surface area contributed by atoms with Gasteiger partial charge in [0.1, 0.15) is 5.69 Å². The van der Waals surface area contributed by atoms with Gasteiger partial charge in [-0.15, -0.1) is 0 Å². The lowest BCUT2D eigenvalue weighted by Gasteiger charge is -2.18. The molecule has 1 aromatic heterocycles. The van der Waals surface area contributed by atoms with Crippen LogP contribution in [0.4, 0.5) is 17.5 Å². The Hall–Kier alpha value is -1.92. The summed E-state index contributed by atoms with van der Waals surface area (Å²) in [6.45, 7) is 3.30. The molecule has 1 aliphatic carbocycles. The summed E-state index contributed by atoms with van der Waals surface area (Å²) in [5.74, 6) is 1.80. The van der Waals surface area contributed by atoms with Crippen LogP contribution in [-0.2, 0) is 0 Å². The molecule has 2 fully saturated rings. The minimum atomic E-state index is -0.405. The Morgan fingerprint density at radius 1 is 1.32 bits per heavy atom. The monoisotopic (exact) mass is 263 g/mol. The number of anilines is 2. The largest absolute Gasteiger partial charge is 0.368 e. The van der Waals surface area contributed by atoms with Gasteiger partial charge in [0.05, 0.1) is 4.92 Å². The van der Waals surface area contributed by atoms with Gasteiger partial charge in [-0.05, 0) is 31.6 Å². The number of aromatic nitrogens is 2. The van der Waals surface area contributed by atoms with E-state index >= 15 is 0 Å². The van der Waals surface area contributed by atoms with Crippen LogP contribution in [0.2, 0.25) is 0 Å². The SMILES string of the molecule is Cc1nc(N)nc(N2CC3CCCC3C2)c1[N+](=O)[O-]. The van der Waals surface area contributed by atoms with E-state index in [1.54, 1.807) is 6.92 Å². The Balaban J connectivity index is 1.98. The van der Waals surface area contributed by atoms with E-state index in [1.165, 1.54) is 19.3 Å². The van der Waals surface area contributed by atoms with Crippen LogP contribution < -0.4 is 10.6 Å². The lowest BCUT2D eigenvalue weighted by Crippen LogP contribution is -2.24. The maximum atomic E-state index is 11.2. The molecule has 0 bridgehead atoms. The molecule has 1 saturated heterocycles. The Morgan fingerprint density at radius 2 is 1.95 bits per heavy atom. The summed E-state index contributed by atoms with van der Waals surface area (Å²) in [6, 6.07) is 0. The summed E-state index contributed by atoms with van der Waals surface area (Å²) in [6.07, 6.45) is 3.71. The van der Waals surface area contributed by atoms with E-state index in [9.17, 15) is 10.1 Å². The first-order valence-electron chi connectivity index (χ1n) is 6.59. The van der Waals surface area contributed by atoms with Gasteiger partial charge in [0.2, 0.25) is 11.8 Å². The van der Waals surface area contributed by atoms with Gasteiger partial charge in [-0.3, -0.25) is 10.1 Å². The first-order chi connectivity index (χ1) is 9.06. The minimum Gasteiger partial charge on any atom is -0.368 e. The summed E-state index contributed by atoms with van der Waals surface area (Å²) < 4.78 is 0. The fourth-order valence-electron chi connectivity index (χ4n) is 3.42. The lowest BCUT2D eigenvalue weighted by molar-refractivity contribution is -0.385. The summed E-state index contributed by atoms with van der Waals surface area (Å²) >= 11 is 0. The second-order valence-corrected chi connectivity index (χ2v) is 5.45. The highest BCUT2D eigenvalue weighted by Crippen LogP contribution is 2.41. The van der Waals surface area contributed by atoms with Crippen molar-refractivity contribution in [1.82, 2.24) is 9.97 Å². The third-order valence-corrected chi connectivity index (χ3v) is 4.27. The van der Waals surface area contributed by atoms with Crippen LogP contribution in [0.15, 0.2) is 0 Å². The van der Waals surface area contributed by atoms with Gasteiger partial charge in [0, 0.05) is 13.1 Å². The summed E-state index contributed by atoms with van der Waals surface area (Å²) in [5.41, 5.74) is 5.97. The maximum absolute atomic E-state index is 11.2. The topological polar surface area (TPSA) is 98.2 Å². The molecule has 3 rings (SSSR count).